The molecule has 5 aromatic carbocycles. The molecule has 0 aliphatic carbocycles. The van der Waals surface area contributed by atoms with Crippen molar-refractivity contribution in [3.63, 3.8) is 0 Å². The maximum absolute atomic E-state index is 14.4. The molecular formula is C38H24F3N3. The molecule has 0 amide bonds. The summed E-state index contributed by atoms with van der Waals surface area (Å²) in [4.78, 5) is 11.8. The van der Waals surface area contributed by atoms with Crippen molar-refractivity contribution in [2.45, 2.75) is 0 Å². The van der Waals surface area contributed by atoms with Crippen molar-refractivity contribution in [2.75, 3.05) is 4.90 Å². The number of hydrogen-bond donors (Lipinski definition) is 0. The number of rotatable bonds is 6. The molecule has 0 bridgehead atoms. The number of aromatic nitrogens is 2. The van der Waals surface area contributed by atoms with E-state index < -0.39 is 11.6 Å². The molecule has 0 radical (unpaired) electrons. The highest BCUT2D eigenvalue weighted by Crippen LogP contribution is 2.44. The van der Waals surface area contributed by atoms with Crippen LogP contribution in [-0.2, 0) is 0 Å². The van der Waals surface area contributed by atoms with Gasteiger partial charge in [0.15, 0.2) is 0 Å². The number of pyridine rings is 2. The first-order chi connectivity index (χ1) is 21.5. The molecule has 7 aromatic rings. The summed E-state index contributed by atoms with van der Waals surface area (Å²) in [6.07, 6.45) is 1.72. The third kappa shape index (κ3) is 5.18. The predicted octanol–water partition coefficient (Wildman–Crippen LogP) is 10.5. The van der Waals surface area contributed by atoms with Crippen molar-refractivity contribution in [3.05, 3.63) is 163 Å². The van der Waals surface area contributed by atoms with Crippen LogP contribution in [0.1, 0.15) is 0 Å². The van der Waals surface area contributed by atoms with Crippen LogP contribution in [0.5, 0.6) is 0 Å². The predicted molar refractivity (Wildman–Crippen MR) is 170 cm³/mol. The summed E-state index contributed by atoms with van der Waals surface area (Å²) in [5.74, 6) is -1.73. The third-order valence-electron chi connectivity index (χ3n) is 7.47. The Bertz CT molecular complexity index is 2080. The first kappa shape index (κ1) is 27.1. The molecule has 7 rings (SSSR count). The van der Waals surface area contributed by atoms with Crippen LogP contribution < -0.4 is 4.90 Å². The Morgan fingerprint density at radius 1 is 0.500 bits per heavy atom. The summed E-state index contributed by atoms with van der Waals surface area (Å²) in [5, 5.41) is 0.796. The van der Waals surface area contributed by atoms with Gasteiger partial charge in [-0.1, -0.05) is 78.9 Å². The number of anilines is 3. The van der Waals surface area contributed by atoms with E-state index in [0.29, 0.717) is 33.7 Å². The average Bonchev–Trinajstić information content (AvgIpc) is 3.06. The largest absolute Gasteiger partial charge is 0.309 e. The Morgan fingerprint density at radius 2 is 1.14 bits per heavy atom. The van der Waals surface area contributed by atoms with Crippen LogP contribution in [-0.4, -0.2) is 9.97 Å². The number of benzene rings is 5. The van der Waals surface area contributed by atoms with E-state index in [-0.39, 0.29) is 5.82 Å². The van der Waals surface area contributed by atoms with Crippen molar-refractivity contribution in [1.29, 1.82) is 0 Å². The Morgan fingerprint density at radius 3 is 1.84 bits per heavy atom. The second kappa shape index (κ2) is 11.5. The maximum Gasteiger partial charge on any atom is 0.126 e. The molecule has 0 atom stereocenters. The highest BCUT2D eigenvalue weighted by Gasteiger charge is 2.22. The van der Waals surface area contributed by atoms with Gasteiger partial charge in [0.05, 0.1) is 28.3 Å². The molecule has 0 saturated carbocycles. The molecule has 0 saturated heterocycles. The van der Waals surface area contributed by atoms with E-state index in [1.54, 1.807) is 18.3 Å². The minimum absolute atomic E-state index is 0.375. The number of fused-ring (bicyclic) bond motifs is 1. The molecule has 0 aliphatic rings. The average molecular weight is 580 g/mol. The van der Waals surface area contributed by atoms with Gasteiger partial charge in [-0.2, -0.15) is 0 Å². The van der Waals surface area contributed by atoms with E-state index in [1.165, 1.54) is 24.3 Å². The molecule has 6 heteroatoms. The number of nitrogens with zero attached hydrogens (tertiary/aromatic N) is 3. The summed E-state index contributed by atoms with van der Waals surface area (Å²) in [5.41, 5.74) is 7.00. The first-order valence-corrected chi connectivity index (χ1v) is 14.1. The van der Waals surface area contributed by atoms with Gasteiger partial charge in [-0.15, -0.1) is 0 Å². The smallest absolute Gasteiger partial charge is 0.126 e. The number of halogens is 3. The topological polar surface area (TPSA) is 29.0 Å². The highest BCUT2D eigenvalue weighted by molar-refractivity contribution is 6.05. The summed E-state index contributed by atoms with van der Waals surface area (Å²) in [6.45, 7) is 0. The van der Waals surface area contributed by atoms with Crippen molar-refractivity contribution in [1.82, 2.24) is 9.97 Å². The Balaban J connectivity index is 1.55. The van der Waals surface area contributed by atoms with Gasteiger partial charge in [0.25, 0.3) is 0 Å². The first-order valence-electron chi connectivity index (χ1n) is 14.1. The molecule has 2 aromatic heterocycles. The quantitative estimate of drug-likeness (QED) is 0.196. The molecule has 0 unspecified atom stereocenters. The van der Waals surface area contributed by atoms with Crippen LogP contribution in [0.15, 0.2) is 146 Å². The summed E-state index contributed by atoms with van der Waals surface area (Å²) in [6, 6.07) is 40.6. The van der Waals surface area contributed by atoms with Gasteiger partial charge in [-0.25, -0.2) is 18.2 Å². The van der Waals surface area contributed by atoms with E-state index in [2.05, 4.69) is 0 Å². The van der Waals surface area contributed by atoms with Gasteiger partial charge in [-0.3, -0.25) is 4.98 Å². The highest BCUT2D eigenvalue weighted by atomic mass is 19.1. The van der Waals surface area contributed by atoms with Crippen LogP contribution in [0.25, 0.3) is 44.5 Å². The van der Waals surface area contributed by atoms with Gasteiger partial charge >= 0.3 is 0 Å². The van der Waals surface area contributed by atoms with Crippen molar-refractivity contribution >= 4 is 28.0 Å². The molecule has 212 valence electrons. The minimum atomic E-state index is -0.677. The zero-order chi connectivity index (χ0) is 30.0. The fourth-order valence-electron chi connectivity index (χ4n) is 5.51. The van der Waals surface area contributed by atoms with Crippen LogP contribution in [0.2, 0.25) is 0 Å². The van der Waals surface area contributed by atoms with Crippen molar-refractivity contribution in [2.24, 2.45) is 0 Å². The molecule has 0 N–H and O–H groups in total. The van der Waals surface area contributed by atoms with E-state index in [1.807, 2.05) is 102 Å². The van der Waals surface area contributed by atoms with Gasteiger partial charge < -0.3 is 4.90 Å². The lowest BCUT2D eigenvalue weighted by Crippen LogP contribution is -2.12. The lowest BCUT2D eigenvalue weighted by atomic mass is 9.99. The Hall–Kier alpha value is -5.75. The van der Waals surface area contributed by atoms with Crippen molar-refractivity contribution in [3.8, 4) is 33.6 Å². The summed E-state index contributed by atoms with van der Waals surface area (Å²) >= 11 is 0. The van der Waals surface area contributed by atoms with Gasteiger partial charge in [-0.05, 0) is 60.2 Å². The van der Waals surface area contributed by atoms with Crippen LogP contribution in [0.4, 0.5) is 30.2 Å². The summed E-state index contributed by atoms with van der Waals surface area (Å²) < 4.78 is 43.1. The molecule has 0 spiro atoms. The van der Waals surface area contributed by atoms with E-state index in [9.17, 15) is 13.2 Å². The lowest BCUT2D eigenvalue weighted by molar-refractivity contribution is 0.584. The Kier molecular flexibility index (Phi) is 7.08. The third-order valence-corrected chi connectivity index (χ3v) is 7.47. The summed E-state index contributed by atoms with van der Waals surface area (Å²) in [7, 11) is 0. The van der Waals surface area contributed by atoms with E-state index in [0.717, 1.165) is 34.0 Å². The molecular weight excluding hydrogens is 555 g/mol. The van der Waals surface area contributed by atoms with Crippen LogP contribution in [0, 0.1) is 17.5 Å². The lowest BCUT2D eigenvalue weighted by Gasteiger charge is -2.29. The molecule has 44 heavy (non-hydrogen) atoms. The van der Waals surface area contributed by atoms with E-state index >= 15 is 0 Å². The van der Waals surface area contributed by atoms with Crippen LogP contribution in [0.3, 0.4) is 0 Å². The Labute approximate surface area is 252 Å². The fourth-order valence-corrected chi connectivity index (χ4v) is 5.51. The normalized spacial score (nSPS) is 11.1. The maximum atomic E-state index is 14.4. The van der Waals surface area contributed by atoms with Gasteiger partial charge in [0.1, 0.15) is 17.5 Å². The monoisotopic (exact) mass is 579 g/mol. The number of hydrogen-bond acceptors (Lipinski definition) is 3. The molecule has 0 fully saturated rings. The number of para-hydroxylation sites is 1. The van der Waals surface area contributed by atoms with Crippen molar-refractivity contribution < 1.29 is 13.2 Å². The van der Waals surface area contributed by atoms with Crippen LogP contribution >= 0.6 is 0 Å². The second-order valence-electron chi connectivity index (χ2n) is 10.3. The standard InChI is InChI=1S/C38H24F3N3/c39-28-15-17-31(18-16-28)44(35-14-8-7-13-32(35)27-21-29(40)23-30(41)22-27)36-19-20-42-38-33(36)24-34(25-9-3-1-4-10-25)43-37(38)26-11-5-2-6-12-26/h1-24H. The van der Waals surface area contributed by atoms with E-state index in [4.69, 9.17) is 9.97 Å². The molecule has 0 aliphatic heterocycles. The minimum Gasteiger partial charge on any atom is -0.309 e. The fraction of sp³-hybridized carbons (Fsp3) is 0. The second-order valence-corrected chi connectivity index (χ2v) is 10.3. The zero-order valence-electron chi connectivity index (χ0n) is 23.3. The molecule has 2 heterocycles. The SMILES string of the molecule is Fc1ccc(N(c2ccccc2-c2cc(F)cc(F)c2)c2ccnc3c(-c4ccccc4)nc(-c4ccccc4)cc23)cc1. The molecule has 3 nitrogen and oxygen atoms in total. The zero-order valence-corrected chi connectivity index (χ0v) is 23.3. The van der Waals surface area contributed by atoms with Gasteiger partial charge in [0, 0.05) is 40.0 Å². The van der Waals surface area contributed by atoms with Gasteiger partial charge in [0.2, 0.25) is 0 Å².